The zero-order valence-electron chi connectivity index (χ0n) is 10.7. The smallest absolute Gasteiger partial charge is 0.242 e. The van der Waals surface area contributed by atoms with Gasteiger partial charge in [0.25, 0.3) is 0 Å². The van der Waals surface area contributed by atoms with Crippen molar-refractivity contribution in [2.24, 2.45) is 0 Å². The summed E-state index contributed by atoms with van der Waals surface area (Å²) in [6, 6.07) is 0. The maximum absolute atomic E-state index is 5.92. The summed E-state index contributed by atoms with van der Waals surface area (Å²) in [4.78, 5) is 8.11. The van der Waals surface area contributed by atoms with Gasteiger partial charge in [-0.25, -0.2) is 4.98 Å². The van der Waals surface area contributed by atoms with Crippen LogP contribution in [0.1, 0.15) is 26.2 Å². The first-order valence-corrected chi connectivity index (χ1v) is 6.40. The third kappa shape index (κ3) is 3.22. The number of hydrogen-bond donors (Lipinski definition) is 2. The summed E-state index contributed by atoms with van der Waals surface area (Å²) in [7, 11) is 0. The van der Waals surface area contributed by atoms with Crippen molar-refractivity contribution in [2.75, 3.05) is 30.8 Å². The minimum absolute atomic E-state index is 0.368. The summed E-state index contributed by atoms with van der Waals surface area (Å²) >= 11 is 0. The molecule has 18 heavy (non-hydrogen) atoms. The lowest BCUT2D eigenvalue weighted by molar-refractivity contribution is 0.107. The molecule has 0 aromatic carbocycles. The first-order valence-electron chi connectivity index (χ1n) is 6.40. The van der Waals surface area contributed by atoms with Crippen LogP contribution < -0.4 is 15.8 Å². The van der Waals surface area contributed by atoms with Crippen molar-refractivity contribution in [3.8, 4) is 5.88 Å². The molecule has 1 unspecified atom stereocenters. The topological polar surface area (TPSA) is 82.3 Å². The summed E-state index contributed by atoms with van der Waals surface area (Å²) in [6.07, 6.45) is 5.09. The van der Waals surface area contributed by atoms with Gasteiger partial charge in [0, 0.05) is 13.2 Å². The molecule has 2 rings (SSSR count). The first-order chi connectivity index (χ1) is 8.81. The number of nitrogens with one attached hydrogen (secondary N) is 1. The summed E-state index contributed by atoms with van der Waals surface area (Å²) in [5, 5.41) is 3.20. The maximum atomic E-state index is 5.92. The van der Waals surface area contributed by atoms with Gasteiger partial charge in [-0.15, -0.1) is 0 Å². The highest BCUT2D eigenvalue weighted by atomic mass is 16.5. The second-order valence-corrected chi connectivity index (χ2v) is 4.22. The van der Waals surface area contributed by atoms with E-state index >= 15 is 0 Å². The fourth-order valence-corrected chi connectivity index (χ4v) is 2.00. The van der Waals surface area contributed by atoms with Crippen LogP contribution >= 0.6 is 0 Å². The average molecular weight is 252 g/mol. The molecule has 6 nitrogen and oxygen atoms in total. The van der Waals surface area contributed by atoms with Gasteiger partial charge in [0.1, 0.15) is 12.0 Å². The molecule has 0 spiro atoms. The number of rotatable bonds is 6. The lowest BCUT2D eigenvalue weighted by Crippen LogP contribution is -2.14. The van der Waals surface area contributed by atoms with Crippen molar-refractivity contribution < 1.29 is 9.47 Å². The van der Waals surface area contributed by atoms with E-state index in [-0.39, 0.29) is 0 Å². The van der Waals surface area contributed by atoms with Gasteiger partial charge in [0.2, 0.25) is 5.88 Å². The monoisotopic (exact) mass is 252 g/mol. The molecule has 1 aliphatic heterocycles. The van der Waals surface area contributed by atoms with E-state index in [2.05, 4.69) is 15.3 Å². The SMILES string of the molecule is CCOc1ncnc(NCCC2CCCO2)c1N. The molecule has 1 aliphatic rings. The van der Waals surface area contributed by atoms with Crippen LogP contribution in [-0.4, -0.2) is 35.8 Å². The van der Waals surface area contributed by atoms with Crippen molar-refractivity contribution in [3.63, 3.8) is 0 Å². The lowest BCUT2D eigenvalue weighted by Gasteiger charge is -2.13. The predicted octanol–water partition coefficient (Wildman–Crippen LogP) is 1.44. The number of nitrogen functional groups attached to an aromatic ring is 1. The molecule has 3 N–H and O–H groups in total. The highest BCUT2D eigenvalue weighted by Crippen LogP contribution is 2.24. The summed E-state index contributed by atoms with van der Waals surface area (Å²) in [5.74, 6) is 1.07. The molecule has 1 aromatic heterocycles. The van der Waals surface area contributed by atoms with Crippen LogP contribution in [0.3, 0.4) is 0 Å². The molecule has 1 atom stereocenters. The molecule has 0 aliphatic carbocycles. The van der Waals surface area contributed by atoms with Gasteiger partial charge >= 0.3 is 0 Å². The van der Waals surface area contributed by atoms with Gasteiger partial charge in [0.15, 0.2) is 5.82 Å². The van der Waals surface area contributed by atoms with Crippen molar-refractivity contribution >= 4 is 11.5 Å². The molecule has 0 saturated carbocycles. The van der Waals surface area contributed by atoms with Gasteiger partial charge in [-0.3, -0.25) is 0 Å². The van der Waals surface area contributed by atoms with Crippen LogP contribution in [0.15, 0.2) is 6.33 Å². The van der Waals surface area contributed by atoms with Crippen LogP contribution in [0.4, 0.5) is 11.5 Å². The van der Waals surface area contributed by atoms with E-state index in [0.29, 0.717) is 30.1 Å². The number of nitrogens with two attached hydrogens (primary N) is 1. The van der Waals surface area contributed by atoms with E-state index in [1.165, 1.54) is 6.33 Å². The number of ether oxygens (including phenoxy) is 2. The minimum Gasteiger partial charge on any atom is -0.476 e. The van der Waals surface area contributed by atoms with E-state index in [1.807, 2.05) is 6.92 Å². The van der Waals surface area contributed by atoms with E-state index in [1.54, 1.807) is 0 Å². The molecule has 1 aromatic rings. The Morgan fingerprint density at radius 2 is 2.44 bits per heavy atom. The molecule has 1 saturated heterocycles. The molecule has 0 amide bonds. The standard InChI is InChI=1S/C12H20N4O2/c1-2-17-12-10(13)11(15-8-16-12)14-6-5-9-4-3-7-18-9/h8-9H,2-7,13H2,1H3,(H,14,15,16). The molecule has 0 bridgehead atoms. The van der Waals surface area contributed by atoms with Crippen LogP contribution in [-0.2, 0) is 4.74 Å². The Morgan fingerprint density at radius 3 is 3.17 bits per heavy atom. The quantitative estimate of drug-likeness (QED) is 0.797. The number of hydrogen-bond acceptors (Lipinski definition) is 6. The number of nitrogens with zero attached hydrogens (tertiary/aromatic N) is 2. The fraction of sp³-hybridized carbons (Fsp3) is 0.667. The van der Waals surface area contributed by atoms with Crippen LogP contribution in [0.25, 0.3) is 0 Å². The zero-order chi connectivity index (χ0) is 12.8. The van der Waals surface area contributed by atoms with Crippen molar-refractivity contribution in [2.45, 2.75) is 32.3 Å². The third-order valence-corrected chi connectivity index (χ3v) is 2.91. The molecule has 6 heteroatoms. The van der Waals surface area contributed by atoms with E-state index in [9.17, 15) is 0 Å². The molecule has 0 radical (unpaired) electrons. The Balaban J connectivity index is 1.86. The van der Waals surface area contributed by atoms with Crippen LogP contribution in [0, 0.1) is 0 Å². The molecule has 1 fully saturated rings. The highest BCUT2D eigenvalue weighted by Gasteiger charge is 2.15. The number of anilines is 2. The Labute approximate surface area is 107 Å². The Hall–Kier alpha value is -1.56. The summed E-state index contributed by atoms with van der Waals surface area (Å²) < 4.78 is 10.9. The van der Waals surface area contributed by atoms with Gasteiger partial charge < -0.3 is 20.5 Å². The lowest BCUT2D eigenvalue weighted by atomic mass is 10.2. The zero-order valence-corrected chi connectivity index (χ0v) is 10.7. The summed E-state index contributed by atoms with van der Waals surface area (Å²) in [6.45, 7) is 4.11. The number of aromatic nitrogens is 2. The van der Waals surface area contributed by atoms with Gasteiger partial charge in [-0.2, -0.15) is 4.98 Å². The van der Waals surface area contributed by atoms with Gasteiger partial charge in [-0.05, 0) is 26.2 Å². The predicted molar refractivity (Wildman–Crippen MR) is 69.7 cm³/mol. The fourth-order valence-electron chi connectivity index (χ4n) is 2.00. The molecular formula is C12H20N4O2. The second kappa shape index (κ2) is 6.39. The molecule has 100 valence electrons. The van der Waals surface area contributed by atoms with E-state index in [4.69, 9.17) is 15.2 Å². The van der Waals surface area contributed by atoms with Crippen LogP contribution in [0.2, 0.25) is 0 Å². The molecule has 2 heterocycles. The largest absolute Gasteiger partial charge is 0.476 e. The highest BCUT2D eigenvalue weighted by molar-refractivity contribution is 5.66. The summed E-state index contributed by atoms with van der Waals surface area (Å²) in [5.41, 5.74) is 6.38. The van der Waals surface area contributed by atoms with Crippen molar-refractivity contribution in [3.05, 3.63) is 6.33 Å². The van der Waals surface area contributed by atoms with Crippen molar-refractivity contribution in [1.29, 1.82) is 0 Å². The Kier molecular flexibility index (Phi) is 4.58. The maximum Gasteiger partial charge on any atom is 0.242 e. The van der Waals surface area contributed by atoms with E-state index in [0.717, 1.165) is 32.4 Å². The Bertz CT molecular complexity index is 380. The second-order valence-electron chi connectivity index (χ2n) is 4.22. The van der Waals surface area contributed by atoms with Crippen molar-refractivity contribution in [1.82, 2.24) is 9.97 Å². The third-order valence-electron chi connectivity index (χ3n) is 2.91. The van der Waals surface area contributed by atoms with Gasteiger partial charge in [-0.1, -0.05) is 0 Å². The first kappa shape index (κ1) is 12.9. The molecular weight excluding hydrogens is 232 g/mol. The van der Waals surface area contributed by atoms with E-state index < -0.39 is 0 Å². The Morgan fingerprint density at radius 1 is 1.56 bits per heavy atom. The van der Waals surface area contributed by atoms with Crippen LogP contribution in [0.5, 0.6) is 5.88 Å². The average Bonchev–Trinajstić information content (AvgIpc) is 2.87. The van der Waals surface area contributed by atoms with Gasteiger partial charge in [0.05, 0.1) is 12.7 Å². The minimum atomic E-state index is 0.368. The normalized spacial score (nSPS) is 18.8.